The summed E-state index contributed by atoms with van der Waals surface area (Å²) in [5.74, 6) is 5.43. The van der Waals surface area contributed by atoms with E-state index in [1.54, 1.807) is 0 Å². The van der Waals surface area contributed by atoms with Gasteiger partial charge in [0.1, 0.15) is 6.33 Å². The second-order valence-electron chi connectivity index (χ2n) is 4.87. The molecular weight excluding hydrogens is 262 g/mol. The Morgan fingerprint density at radius 3 is 2.70 bits per heavy atom. The molecule has 0 amide bonds. The van der Waals surface area contributed by atoms with Crippen LogP contribution in [0.15, 0.2) is 6.33 Å². The number of nitro groups is 1. The molecule has 1 aromatic heterocycles. The molecule has 20 heavy (non-hydrogen) atoms. The summed E-state index contributed by atoms with van der Waals surface area (Å²) in [5.41, 5.74) is 1.99. The van der Waals surface area contributed by atoms with E-state index in [1.165, 1.54) is 19.2 Å². The summed E-state index contributed by atoms with van der Waals surface area (Å²) in [7, 11) is 0. The highest BCUT2D eigenvalue weighted by atomic mass is 16.6. The van der Waals surface area contributed by atoms with Crippen LogP contribution >= 0.6 is 0 Å². The van der Waals surface area contributed by atoms with E-state index in [9.17, 15) is 10.1 Å². The SMILES string of the molecule is CC(CN1CCCC1)Nc1ncnc(NN)c1[N+](=O)[O-]. The van der Waals surface area contributed by atoms with Crippen LogP contribution in [0, 0.1) is 10.1 Å². The number of hydrogen-bond acceptors (Lipinski definition) is 8. The first-order valence-corrected chi connectivity index (χ1v) is 6.56. The number of nitrogens with zero attached hydrogens (tertiary/aromatic N) is 4. The molecular formula is C11H19N7O2. The smallest absolute Gasteiger partial charge is 0.354 e. The molecule has 0 spiro atoms. The van der Waals surface area contributed by atoms with Gasteiger partial charge in [0.15, 0.2) is 0 Å². The maximum Gasteiger partial charge on any atom is 0.354 e. The molecule has 1 saturated heterocycles. The molecule has 1 fully saturated rings. The van der Waals surface area contributed by atoms with Gasteiger partial charge in [-0.15, -0.1) is 0 Å². The van der Waals surface area contributed by atoms with Gasteiger partial charge in [-0.2, -0.15) is 0 Å². The zero-order chi connectivity index (χ0) is 14.5. The zero-order valence-electron chi connectivity index (χ0n) is 11.4. The fourth-order valence-corrected chi connectivity index (χ4v) is 2.39. The first kappa shape index (κ1) is 14.4. The Balaban J connectivity index is 2.09. The quantitative estimate of drug-likeness (QED) is 0.393. The lowest BCUT2D eigenvalue weighted by Crippen LogP contribution is -2.33. The molecule has 1 unspecified atom stereocenters. The van der Waals surface area contributed by atoms with Crippen molar-refractivity contribution in [1.82, 2.24) is 14.9 Å². The van der Waals surface area contributed by atoms with Gasteiger partial charge in [0.25, 0.3) is 0 Å². The van der Waals surface area contributed by atoms with E-state index < -0.39 is 4.92 Å². The number of anilines is 2. The lowest BCUT2D eigenvalue weighted by Gasteiger charge is -2.21. The van der Waals surface area contributed by atoms with Crippen LogP contribution in [-0.4, -0.2) is 45.5 Å². The Morgan fingerprint density at radius 2 is 2.10 bits per heavy atom. The number of hydrazine groups is 1. The molecule has 0 saturated carbocycles. The molecule has 0 radical (unpaired) electrons. The Morgan fingerprint density at radius 1 is 1.45 bits per heavy atom. The summed E-state index contributed by atoms with van der Waals surface area (Å²) < 4.78 is 0. The third-order valence-corrected chi connectivity index (χ3v) is 3.26. The van der Waals surface area contributed by atoms with Gasteiger partial charge >= 0.3 is 5.69 Å². The molecule has 110 valence electrons. The Bertz CT molecular complexity index is 476. The largest absolute Gasteiger partial charge is 0.360 e. The van der Waals surface area contributed by atoms with Crippen LogP contribution in [0.4, 0.5) is 17.3 Å². The topological polar surface area (TPSA) is 122 Å². The summed E-state index contributed by atoms with van der Waals surface area (Å²) in [6.07, 6.45) is 3.66. The highest BCUT2D eigenvalue weighted by Gasteiger charge is 2.24. The van der Waals surface area contributed by atoms with E-state index in [1.807, 2.05) is 6.92 Å². The lowest BCUT2D eigenvalue weighted by molar-refractivity contribution is -0.383. The van der Waals surface area contributed by atoms with Gasteiger partial charge in [-0.3, -0.25) is 10.1 Å². The highest BCUT2D eigenvalue weighted by Crippen LogP contribution is 2.28. The predicted molar refractivity (Wildman–Crippen MR) is 75.3 cm³/mol. The van der Waals surface area contributed by atoms with E-state index in [0.717, 1.165) is 19.6 Å². The maximum absolute atomic E-state index is 11.1. The van der Waals surface area contributed by atoms with E-state index >= 15 is 0 Å². The minimum Gasteiger partial charge on any atom is -0.360 e. The van der Waals surface area contributed by atoms with Crippen LogP contribution in [0.1, 0.15) is 19.8 Å². The summed E-state index contributed by atoms with van der Waals surface area (Å²) in [5, 5.41) is 14.2. The lowest BCUT2D eigenvalue weighted by atomic mass is 10.3. The summed E-state index contributed by atoms with van der Waals surface area (Å²) in [6, 6.07) is 0.0484. The minimum atomic E-state index is -0.542. The van der Waals surface area contributed by atoms with Crippen LogP contribution in [0.25, 0.3) is 0 Å². The van der Waals surface area contributed by atoms with Crippen molar-refractivity contribution < 1.29 is 4.92 Å². The van der Waals surface area contributed by atoms with Crippen LogP contribution < -0.4 is 16.6 Å². The second-order valence-corrected chi connectivity index (χ2v) is 4.87. The number of likely N-dealkylation sites (tertiary alicyclic amines) is 1. The van der Waals surface area contributed by atoms with Crippen LogP contribution in [0.2, 0.25) is 0 Å². The van der Waals surface area contributed by atoms with Gasteiger partial charge in [-0.1, -0.05) is 0 Å². The van der Waals surface area contributed by atoms with E-state index in [4.69, 9.17) is 5.84 Å². The highest BCUT2D eigenvalue weighted by molar-refractivity contribution is 5.68. The molecule has 0 bridgehead atoms. The van der Waals surface area contributed by atoms with Gasteiger partial charge < -0.3 is 15.6 Å². The number of aromatic nitrogens is 2. The Labute approximate surface area is 116 Å². The number of nitrogen functional groups attached to an aromatic ring is 1. The van der Waals surface area contributed by atoms with Gasteiger partial charge in [-0.25, -0.2) is 15.8 Å². The number of hydrogen-bond donors (Lipinski definition) is 3. The average molecular weight is 281 g/mol. The second kappa shape index (κ2) is 6.44. The van der Waals surface area contributed by atoms with E-state index in [2.05, 4.69) is 25.6 Å². The molecule has 1 aliphatic heterocycles. The Hall–Kier alpha value is -2.00. The summed E-state index contributed by atoms with van der Waals surface area (Å²) in [6.45, 7) is 4.95. The number of rotatable bonds is 6. The van der Waals surface area contributed by atoms with Crippen molar-refractivity contribution in [3.8, 4) is 0 Å². The van der Waals surface area contributed by atoms with E-state index in [0.29, 0.717) is 0 Å². The average Bonchev–Trinajstić information content (AvgIpc) is 2.90. The number of nitrogens with one attached hydrogen (secondary N) is 2. The molecule has 9 nitrogen and oxygen atoms in total. The molecule has 1 aromatic rings. The van der Waals surface area contributed by atoms with Crippen molar-refractivity contribution in [2.75, 3.05) is 30.4 Å². The third-order valence-electron chi connectivity index (χ3n) is 3.26. The molecule has 4 N–H and O–H groups in total. The van der Waals surface area contributed by atoms with Gasteiger partial charge in [0.05, 0.1) is 4.92 Å². The summed E-state index contributed by atoms with van der Waals surface area (Å²) >= 11 is 0. The van der Waals surface area contributed by atoms with Crippen molar-refractivity contribution in [2.45, 2.75) is 25.8 Å². The van der Waals surface area contributed by atoms with Crippen LogP contribution in [0.5, 0.6) is 0 Å². The maximum atomic E-state index is 11.1. The fraction of sp³-hybridized carbons (Fsp3) is 0.636. The van der Waals surface area contributed by atoms with Crippen LogP contribution in [-0.2, 0) is 0 Å². The minimum absolute atomic E-state index is 0.000808. The first-order valence-electron chi connectivity index (χ1n) is 6.56. The molecule has 0 aliphatic carbocycles. The monoisotopic (exact) mass is 281 g/mol. The molecule has 2 rings (SSSR count). The summed E-state index contributed by atoms with van der Waals surface area (Å²) in [4.78, 5) is 20.6. The molecule has 1 atom stereocenters. The zero-order valence-corrected chi connectivity index (χ0v) is 11.4. The van der Waals surface area contributed by atoms with Crippen molar-refractivity contribution in [3.05, 3.63) is 16.4 Å². The normalized spacial score (nSPS) is 16.9. The molecule has 1 aliphatic rings. The third kappa shape index (κ3) is 3.31. The predicted octanol–water partition coefficient (Wildman–Crippen LogP) is 0.567. The van der Waals surface area contributed by atoms with Gasteiger partial charge in [-0.05, 0) is 32.9 Å². The Kier molecular flexibility index (Phi) is 4.64. The number of nitrogens with two attached hydrogens (primary N) is 1. The van der Waals surface area contributed by atoms with Gasteiger partial charge in [0.2, 0.25) is 11.6 Å². The van der Waals surface area contributed by atoms with Crippen molar-refractivity contribution in [3.63, 3.8) is 0 Å². The molecule has 2 heterocycles. The standard InChI is InChI=1S/C11H19N7O2/c1-8(6-17-4-2-3-5-17)15-10-9(18(19)20)11(16-12)14-7-13-10/h7-8H,2-6,12H2,1H3,(H2,13,14,15,16). The first-order chi connectivity index (χ1) is 9.61. The molecule has 9 heteroatoms. The van der Waals surface area contributed by atoms with Crippen molar-refractivity contribution in [1.29, 1.82) is 0 Å². The van der Waals surface area contributed by atoms with Crippen molar-refractivity contribution in [2.24, 2.45) is 5.84 Å². The fourth-order valence-electron chi connectivity index (χ4n) is 2.39. The van der Waals surface area contributed by atoms with Crippen molar-refractivity contribution >= 4 is 17.3 Å². The van der Waals surface area contributed by atoms with E-state index in [-0.39, 0.29) is 23.4 Å². The van der Waals surface area contributed by atoms with Gasteiger partial charge in [0, 0.05) is 12.6 Å². The molecule has 0 aromatic carbocycles. The van der Waals surface area contributed by atoms with Crippen LogP contribution in [0.3, 0.4) is 0 Å².